The molecule has 1 aliphatic rings. The van der Waals surface area contributed by atoms with Crippen molar-refractivity contribution in [2.45, 2.75) is 19.6 Å². The number of rotatable bonds is 6. The van der Waals surface area contributed by atoms with Crippen LogP contribution in [0.4, 0.5) is 4.79 Å². The number of esters is 1. The molecule has 8 heteroatoms. The number of amides is 2. The van der Waals surface area contributed by atoms with Crippen LogP contribution in [0, 0.1) is 0 Å². The summed E-state index contributed by atoms with van der Waals surface area (Å²) in [6.07, 6.45) is 1.61. The fraction of sp³-hybridized carbons (Fsp3) is 0.160. The number of hydrogen-bond donors (Lipinski definition) is 0. The first-order chi connectivity index (χ1) is 15.9. The van der Waals surface area contributed by atoms with E-state index >= 15 is 0 Å². The molecule has 0 saturated carbocycles. The Labute approximate surface area is 203 Å². The van der Waals surface area contributed by atoms with E-state index in [0.717, 1.165) is 37.5 Å². The Bertz CT molecular complexity index is 1290. The molecule has 33 heavy (non-hydrogen) atoms. The summed E-state index contributed by atoms with van der Waals surface area (Å²) < 4.78 is 11.5. The number of thioether (sulfide) groups is 1. The molecule has 3 aromatic rings. The highest BCUT2D eigenvalue weighted by Gasteiger charge is 2.41. The number of fused-ring (bicyclic) bond motifs is 1. The maximum absolute atomic E-state index is 12.8. The third-order valence-corrected chi connectivity index (χ3v) is 6.60. The SMILES string of the molecule is COC(=O)[C@H](C)N1C(=O)S/C(=C/c2cc(Br)ccc2OCc2ccc3ccccc3c2)C1=O. The average molecular weight is 526 g/mol. The number of carbonyl (C=O) groups is 3. The second kappa shape index (κ2) is 9.80. The van der Waals surface area contributed by atoms with Gasteiger partial charge in [-0.2, -0.15) is 0 Å². The summed E-state index contributed by atoms with van der Waals surface area (Å²) >= 11 is 4.23. The molecule has 6 nitrogen and oxygen atoms in total. The van der Waals surface area contributed by atoms with Crippen molar-refractivity contribution in [3.63, 3.8) is 0 Å². The van der Waals surface area contributed by atoms with Gasteiger partial charge in [0, 0.05) is 10.0 Å². The number of imide groups is 1. The van der Waals surface area contributed by atoms with E-state index in [1.165, 1.54) is 14.0 Å². The van der Waals surface area contributed by atoms with Crippen LogP contribution in [0.2, 0.25) is 0 Å². The summed E-state index contributed by atoms with van der Waals surface area (Å²) in [6.45, 7) is 1.80. The summed E-state index contributed by atoms with van der Waals surface area (Å²) in [6, 6.07) is 18.7. The maximum Gasteiger partial charge on any atom is 0.328 e. The van der Waals surface area contributed by atoms with Crippen LogP contribution in [0.15, 0.2) is 70.0 Å². The van der Waals surface area contributed by atoms with Crippen molar-refractivity contribution in [1.29, 1.82) is 0 Å². The van der Waals surface area contributed by atoms with Gasteiger partial charge >= 0.3 is 5.97 Å². The lowest BCUT2D eigenvalue weighted by molar-refractivity contribution is -0.148. The van der Waals surface area contributed by atoms with E-state index in [-0.39, 0.29) is 4.91 Å². The Morgan fingerprint density at radius 3 is 2.61 bits per heavy atom. The van der Waals surface area contributed by atoms with Gasteiger partial charge in [0.05, 0.1) is 12.0 Å². The van der Waals surface area contributed by atoms with Gasteiger partial charge in [0.1, 0.15) is 18.4 Å². The number of ether oxygens (including phenoxy) is 2. The molecule has 1 atom stereocenters. The van der Waals surface area contributed by atoms with Gasteiger partial charge in [-0.25, -0.2) is 4.79 Å². The number of methoxy groups -OCH3 is 1. The Morgan fingerprint density at radius 1 is 1.09 bits per heavy atom. The average Bonchev–Trinajstić information content (AvgIpc) is 3.09. The van der Waals surface area contributed by atoms with Gasteiger partial charge in [0.15, 0.2) is 0 Å². The van der Waals surface area contributed by atoms with E-state index in [1.54, 1.807) is 12.1 Å². The maximum atomic E-state index is 12.8. The minimum absolute atomic E-state index is 0.212. The minimum Gasteiger partial charge on any atom is -0.488 e. The van der Waals surface area contributed by atoms with Crippen LogP contribution in [0.5, 0.6) is 5.75 Å². The van der Waals surface area contributed by atoms with Gasteiger partial charge < -0.3 is 9.47 Å². The van der Waals surface area contributed by atoms with Crippen molar-refractivity contribution < 1.29 is 23.9 Å². The standard InChI is InChI=1S/C25H20BrNO5S/c1-15(24(29)31-2)27-23(28)22(33-25(27)30)13-19-12-20(26)9-10-21(19)32-14-16-7-8-17-5-3-4-6-18(17)11-16/h3-13,15H,14H2,1-2H3/b22-13+/t15-/m0/s1. The van der Waals surface area contributed by atoms with E-state index < -0.39 is 23.2 Å². The van der Waals surface area contributed by atoms with E-state index in [1.807, 2.05) is 30.3 Å². The van der Waals surface area contributed by atoms with E-state index in [0.29, 0.717) is 17.9 Å². The lowest BCUT2D eigenvalue weighted by Crippen LogP contribution is -2.42. The molecule has 0 spiro atoms. The normalized spacial score (nSPS) is 15.8. The molecule has 3 aromatic carbocycles. The Balaban J connectivity index is 1.58. The third kappa shape index (κ3) is 4.96. The molecule has 0 bridgehead atoms. The number of carbonyl (C=O) groups excluding carboxylic acids is 3. The van der Waals surface area contributed by atoms with Crippen LogP contribution in [0.25, 0.3) is 16.8 Å². The summed E-state index contributed by atoms with van der Waals surface area (Å²) in [4.78, 5) is 38.2. The molecular formula is C25H20BrNO5S. The predicted molar refractivity (Wildman–Crippen MR) is 132 cm³/mol. The molecule has 4 rings (SSSR count). The van der Waals surface area contributed by atoms with Crippen molar-refractivity contribution in [1.82, 2.24) is 4.90 Å². The largest absolute Gasteiger partial charge is 0.488 e. The Morgan fingerprint density at radius 2 is 1.85 bits per heavy atom. The van der Waals surface area contributed by atoms with Crippen LogP contribution in [0.1, 0.15) is 18.1 Å². The highest BCUT2D eigenvalue weighted by Crippen LogP contribution is 2.36. The van der Waals surface area contributed by atoms with Crippen LogP contribution >= 0.6 is 27.7 Å². The molecule has 1 fully saturated rings. The lowest BCUT2D eigenvalue weighted by Gasteiger charge is -2.18. The van der Waals surface area contributed by atoms with Gasteiger partial charge in [-0.15, -0.1) is 0 Å². The first kappa shape index (κ1) is 23.1. The monoisotopic (exact) mass is 525 g/mol. The molecule has 0 aliphatic carbocycles. The quantitative estimate of drug-likeness (QED) is 0.300. The molecule has 0 radical (unpaired) electrons. The highest BCUT2D eigenvalue weighted by atomic mass is 79.9. The summed E-state index contributed by atoms with van der Waals surface area (Å²) in [5.74, 6) is -0.622. The zero-order valence-electron chi connectivity index (χ0n) is 17.9. The van der Waals surface area contributed by atoms with Gasteiger partial charge in [0.25, 0.3) is 11.1 Å². The van der Waals surface area contributed by atoms with Crippen LogP contribution in [-0.2, 0) is 20.9 Å². The molecule has 1 aliphatic heterocycles. The van der Waals surface area contributed by atoms with Gasteiger partial charge in [0.2, 0.25) is 0 Å². The fourth-order valence-corrected chi connectivity index (χ4v) is 4.76. The number of nitrogens with zero attached hydrogens (tertiary/aromatic N) is 1. The van der Waals surface area contributed by atoms with Crippen molar-refractivity contribution in [2.24, 2.45) is 0 Å². The predicted octanol–water partition coefficient (Wildman–Crippen LogP) is 5.78. The second-order valence-corrected chi connectivity index (χ2v) is 9.31. The topological polar surface area (TPSA) is 72.9 Å². The van der Waals surface area contributed by atoms with Crippen molar-refractivity contribution in [3.05, 3.63) is 81.2 Å². The van der Waals surface area contributed by atoms with Gasteiger partial charge in [-0.3, -0.25) is 14.5 Å². The van der Waals surface area contributed by atoms with Crippen molar-refractivity contribution in [2.75, 3.05) is 7.11 Å². The van der Waals surface area contributed by atoms with Gasteiger partial charge in [-0.1, -0.05) is 52.3 Å². The van der Waals surface area contributed by atoms with E-state index in [4.69, 9.17) is 4.74 Å². The number of hydrogen-bond acceptors (Lipinski definition) is 6. The number of halogens is 1. The Hall–Kier alpha value is -3.10. The van der Waals surface area contributed by atoms with Crippen LogP contribution in [0.3, 0.4) is 0 Å². The smallest absolute Gasteiger partial charge is 0.328 e. The molecule has 2 amide bonds. The molecule has 1 saturated heterocycles. The van der Waals surface area contributed by atoms with E-state index in [2.05, 4.69) is 44.9 Å². The molecular weight excluding hydrogens is 506 g/mol. The van der Waals surface area contributed by atoms with Crippen LogP contribution in [-0.4, -0.2) is 35.2 Å². The lowest BCUT2D eigenvalue weighted by atomic mass is 10.1. The second-order valence-electron chi connectivity index (χ2n) is 7.40. The highest BCUT2D eigenvalue weighted by molar-refractivity contribution is 9.10. The zero-order chi connectivity index (χ0) is 23.5. The summed E-state index contributed by atoms with van der Waals surface area (Å²) in [7, 11) is 1.22. The molecule has 168 valence electrons. The van der Waals surface area contributed by atoms with Crippen molar-refractivity contribution in [3.8, 4) is 5.75 Å². The third-order valence-electron chi connectivity index (χ3n) is 5.22. The fourth-order valence-electron chi connectivity index (χ4n) is 3.48. The minimum atomic E-state index is -1.00. The van der Waals surface area contributed by atoms with E-state index in [9.17, 15) is 14.4 Å². The van der Waals surface area contributed by atoms with Crippen LogP contribution < -0.4 is 4.74 Å². The van der Waals surface area contributed by atoms with Gasteiger partial charge in [-0.05, 0) is 65.4 Å². The summed E-state index contributed by atoms with van der Waals surface area (Å²) in [5.41, 5.74) is 1.65. The number of benzene rings is 3. The zero-order valence-corrected chi connectivity index (χ0v) is 20.3. The first-order valence-electron chi connectivity index (χ1n) is 10.1. The Kier molecular flexibility index (Phi) is 6.85. The van der Waals surface area contributed by atoms with Crippen molar-refractivity contribution >= 4 is 61.7 Å². The molecule has 1 heterocycles. The first-order valence-corrected chi connectivity index (χ1v) is 11.7. The molecule has 0 aromatic heterocycles. The molecule has 0 N–H and O–H groups in total. The molecule has 0 unspecified atom stereocenters. The summed E-state index contributed by atoms with van der Waals surface area (Å²) in [5, 5.41) is 1.77.